The molecule has 28 heavy (non-hydrogen) atoms. The predicted molar refractivity (Wildman–Crippen MR) is 106 cm³/mol. The highest BCUT2D eigenvalue weighted by Gasteiger charge is 2.53. The summed E-state index contributed by atoms with van der Waals surface area (Å²) in [4.78, 5) is 33.3. The maximum Gasteiger partial charge on any atom is 0.255 e. The van der Waals surface area contributed by atoms with Crippen molar-refractivity contribution in [1.29, 1.82) is 0 Å². The van der Waals surface area contributed by atoms with E-state index in [0.717, 1.165) is 30.5 Å². The smallest absolute Gasteiger partial charge is 0.255 e. The number of carbonyl (C=O) groups is 2. The van der Waals surface area contributed by atoms with Gasteiger partial charge >= 0.3 is 0 Å². The van der Waals surface area contributed by atoms with E-state index in [2.05, 4.69) is 9.80 Å². The topological polar surface area (TPSA) is 43.9 Å². The first-order chi connectivity index (χ1) is 13.7. The molecule has 0 bridgehead atoms. The third-order valence-electron chi connectivity index (χ3n) is 8.20. The summed E-state index contributed by atoms with van der Waals surface area (Å²) in [6, 6.07) is 8.65. The van der Waals surface area contributed by atoms with Crippen molar-refractivity contribution in [2.75, 3.05) is 19.6 Å². The second-order valence-corrected chi connectivity index (χ2v) is 9.48. The molecule has 5 nitrogen and oxygen atoms in total. The molecule has 0 saturated carbocycles. The van der Waals surface area contributed by atoms with Crippen molar-refractivity contribution in [1.82, 2.24) is 14.7 Å². The number of benzene rings is 1. The van der Waals surface area contributed by atoms with E-state index in [-0.39, 0.29) is 17.9 Å². The zero-order valence-electron chi connectivity index (χ0n) is 16.4. The van der Waals surface area contributed by atoms with Crippen molar-refractivity contribution in [3.05, 3.63) is 35.4 Å². The molecular formula is C23H29N3O2. The fourth-order valence-corrected chi connectivity index (χ4v) is 7.08. The average molecular weight is 380 g/mol. The van der Waals surface area contributed by atoms with Crippen LogP contribution in [-0.2, 0) is 11.3 Å². The van der Waals surface area contributed by atoms with Crippen molar-refractivity contribution >= 4 is 11.8 Å². The van der Waals surface area contributed by atoms with E-state index < -0.39 is 0 Å². The third kappa shape index (κ3) is 2.35. The molecule has 1 aromatic rings. The van der Waals surface area contributed by atoms with Gasteiger partial charge in [-0.1, -0.05) is 18.2 Å². The van der Waals surface area contributed by atoms with Crippen LogP contribution in [0.3, 0.4) is 0 Å². The Bertz CT molecular complexity index is 822. The third-order valence-corrected chi connectivity index (χ3v) is 8.20. The second kappa shape index (κ2) is 6.31. The first kappa shape index (κ1) is 17.0. The number of fused-ring (bicyclic) bond motifs is 3. The SMILES string of the molecule is O=C1c2ccccc2CN1C1CC[C@@H]2[C@H]3CCCN4CCC[C@H](CN2C1=O)[C@@H]34. The Balaban J connectivity index is 1.27. The highest BCUT2D eigenvalue weighted by molar-refractivity contribution is 6.01. The summed E-state index contributed by atoms with van der Waals surface area (Å²) in [5.74, 6) is 1.54. The number of amides is 2. The molecule has 0 aromatic heterocycles. The number of rotatable bonds is 1. The van der Waals surface area contributed by atoms with Crippen LogP contribution in [0.25, 0.3) is 0 Å². The van der Waals surface area contributed by atoms with Crippen molar-refractivity contribution in [3.8, 4) is 0 Å². The zero-order valence-corrected chi connectivity index (χ0v) is 16.4. The number of nitrogens with zero attached hydrogens (tertiary/aromatic N) is 3. The van der Waals surface area contributed by atoms with Gasteiger partial charge in [-0.05, 0) is 75.1 Å². The molecule has 1 unspecified atom stereocenters. The van der Waals surface area contributed by atoms with Crippen LogP contribution in [0.4, 0.5) is 0 Å². The molecule has 4 fully saturated rings. The number of hydrogen-bond donors (Lipinski definition) is 0. The molecule has 148 valence electrons. The highest BCUT2D eigenvalue weighted by atomic mass is 16.2. The predicted octanol–water partition coefficient (Wildman–Crippen LogP) is 2.51. The molecular weight excluding hydrogens is 350 g/mol. The van der Waals surface area contributed by atoms with E-state index in [0.29, 0.717) is 30.5 Å². The van der Waals surface area contributed by atoms with Gasteiger partial charge in [0.1, 0.15) is 6.04 Å². The molecule has 0 aliphatic carbocycles. The molecule has 0 radical (unpaired) electrons. The van der Waals surface area contributed by atoms with Crippen molar-refractivity contribution in [2.24, 2.45) is 11.8 Å². The summed E-state index contributed by atoms with van der Waals surface area (Å²) in [6.45, 7) is 4.00. The summed E-state index contributed by atoms with van der Waals surface area (Å²) in [5, 5.41) is 0. The average Bonchev–Trinajstić information content (AvgIpc) is 3.06. The van der Waals surface area contributed by atoms with E-state index in [4.69, 9.17) is 0 Å². The van der Waals surface area contributed by atoms with Gasteiger partial charge < -0.3 is 9.80 Å². The Morgan fingerprint density at radius 1 is 0.893 bits per heavy atom. The van der Waals surface area contributed by atoms with E-state index >= 15 is 0 Å². The van der Waals surface area contributed by atoms with Gasteiger partial charge in [-0.3, -0.25) is 14.5 Å². The van der Waals surface area contributed by atoms with Gasteiger partial charge in [-0.15, -0.1) is 0 Å². The van der Waals surface area contributed by atoms with Gasteiger partial charge in [0.15, 0.2) is 0 Å². The lowest BCUT2D eigenvalue weighted by molar-refractivity contribution is -0.157. The molecule has 5 heterocycles. The van der Waals surface area contributed by atoms with Crippen LogP contribution in [0.1, 0.15) is 54.4 Å². The van der Waals surface area contributed by atoms with Crippen LogP contribution in [0.2, 0.25) is 0 Å². The molecule has 0 N–H and O–H groups in total. The largest absolute Gasteiger partial charge is 0.337 e. The lowest BCUT2D eigenvalue weighted by Crippen LogP contribution is -2.69. The summed E-state index contributed by atoms with van der Waals surface area (Å²) >= 11 is 0. The molecule has 5 aliphatic rings. The Labute approximate surface area is 166 Å². The monoisotopic (exact) mass is 379 g/mol. The fraction of sp³-hybridized carbons (Fsp3) is 0.652. The molecule has 0 spiro atoms. The molecule has 5 heteroatoms. The van der Waals surface area contributed by atoms with E-state index in [1.807, 2.05) is 29.2 Å². The number of carbonyl (C=O) groups excluding carboxylic acids is 2. The van der Waals surface area contributed by atoms with Gasteiger partial charge in [-0.25, -0.2) is 0 Å². The van der Waals surface area contributed by atoms with Crippen LogP contribution in [-0.4, -0.2) is 64.3 Å². The first-order valence-electron chi connectivity index (χ1n) is 11.2. The summed E-state index contributed by atoms with van der Waals surface area (Å²) in [7, 11) is 0. The van der Waals surface area contributed by atoms with Crippen molar-refractivity contribution < 1.29 is 9.59 Å². The van der Waals surface area contributed by atoms with Crippen LogP contribution in [0.5, 0.6) is 0 Å². The van der Waals surface area contributed by atoms with E-state index in [1.54, 1.807) is 0 Å². The Hall–Kier alpha value is -1.88. The lowest BCUT2D eigenvalue weighted by atomic mass is 9.67. The molecule has 6 rings (SSSR count). The minimum atomic E-state index is -0.268. The van der Waals surface area contributed by atoms with Gasteiger partial charge in [0.2, 0.25) is 5.91 Å². The minimum absolute atomic E-state index is 0.0452. The van der Waals surface area contributed by atoms with Crippen molar-refractivity contribution in [2.45, 2.75) is 63.2 Å². The van der Waals surface area contributed by atoms with Gasteiger partial charge in [-0.2, -0.15) is 0 Å². The summed E-state index contributed by atoms with van der Waals surface area (Å²) in [5.41, 5.74) is 1.85. The lowest BCUT2D eigenvalue weighted by Gasteiger charge is -2.59. The second-order valence-electron chi connectivity index (χ2n) is 9.48. The van der Waals surface area contributed by atoms with Gasteiger partial charge in [0.05, 0.1) is 0 Å². The van der Waals surface area contributed by atoms with Crippen LogP contribution in [0, 0.1) is 11.8 Å². The normalized spacial score (nSPS) is 37.5. The van der Waals surface area contributed by atoms with Crippen LogP contribution in [0.15, 0.2) is 24.3 Å². The van der Waals surface area contributed by atoms with E-state index in [1.165, 1.54) is 38.8 Å². The van der Waals surface area contributed by atoms with Crippen molar-refractivity contribution in [3.63, 3.8) is 0 Å². The van der Waals surface area contributed by atoms with E-state index in [9.17, 15) is 9.59 Å². The maximum atomic E-state index is 13.6. The molecule has 1 aromatic carbocycles. The Morgan fingerprint density at radius 3 is 2.57 bits per heavy atom. The molecule has 5 atom stereocenters. The van der Waals surface area contributed by atoms with Crippen LogP contribution >= 0.6 is 0 Å². The highest BCUT2D eigenvalue weighted by Crippen LogP contribution is 2.45. The maximum absolute atomic E-state index is 13.6. The first-order valence-corrected chi connectivity index (χ1v) is 11.2. The zero-order chi connectivity index (χ0) is 18.8. The van der Waals surface area contributed by atoms with Crippen LogP contribution < -0.4 is 0 Å². The summed E-state index contributed by atoms with van der Waals surface area (Å²) < 4.78 is 0. The number of hydrogen-bond acceptors (Lipinski definition) is 3. The summed E-state index contributed by atoms with van der Waals surface area (Å²) in [6.07, 6.45) is 6.95. The Morgan fingerprint density at radius 2 is 1.71 bits per heavy atom. The van der Waals surface area contributed by atoms with Gasteiger partial charge in [0, 0.05) is 30.7 Å². The Kier molecular flexibility index (Phi) is 3.84. The molecule has 4 saturated heterocycles. The fourth-order valence-electron chi connectivity index (χ4n) is 7.08. The number of piperidine rings is 4. The quantitative estimate of drug-likeness (QED) is 0.753. The standard InChI is InChI=1S/C23H29N3O2/c27-22-17-7-2-1-5-15(17)13-26(22)20-10-9-19-18-8-4-12-24-11-3-6-16(21(18)24)14-25(19)23(20)28/h1-2,5,7,16,18-21H,3-4,6,8-14H2/t16-,18-,19-,20?,21+/m1/s1. The van der Waals surface area contributed by atoms with Gasteiger partial charge in [0.25, 0.3) is 5.91 Å². The molecule has 2 amide bonds. The molecule has 5 aliphatic heterocycles. The minimum Gasteiger partial charge on any atom is -0.337 e.